The van der Waals surface area contributed by atoms with Gasteiger partial charge in [-0.15, -0.1) is 0 Å². The second kappa shape index (κ2) is 7.51. The lowest BCUT2D eigenvalue weighted by Crippen LogP contribution is -2.17. The molecule has 0 aromatic heterocycles. The normalized spacial score (nSPS) is 10.6. The minimum atomic E-state index is 0.808. The van der Waals surface area contributed by atoms with E-state index < -0.39 is 0 Å². The highest BCUT2D eigenvalue weighted by Gasteiger charge is 1.99. The quantitative estimate of drug-likeness (QED) is 0.630. The Hall–Kier alpha value is -1.06. The zero-order valence-electron chi connectivity index (χ0n) is 11.2. The SMILES string of the molecule is CCCCSC(=S)NCc1ccc2ccccc2c1. The van der Waals surface area contributed by atoms with Crippen molar-refractivity contribution in [1.29, 1.82) is 0 Å². The summed E-state index contributed by atoms with van der Waals surface area (Å²) in [6, 6.07) is 15.0. The van der Waals surface area contributed by atoms with Crippen LogP contribution in [0.4, 0.5) is 0 Å². The average Bonchev–Trinajstić information content (AvgIpc) is 2.45. The summed E-state index contributed by atoms with van der Waals surface area (Å²) in [6.45, 7) is 3.01. The Labute approximate surface area is 124 Å². The molecule has 0 aliphatic heterocycles. The van der Waals surface area contributed by atoms with Gasteiger partial charge in [-0.3, -0.25) is 0 Å². The number of fused-ring (bicyclic) bond motifs is 1. The molecule has 19 heavy (non-hydrogen) atoms. The van der Waals surface area contributed by atoms with E-state index in [1.165, 1.54) is 29.2 Å². The summed E-state index contributed by atoms with van der Waals surface area (Å²) in [4.78, 5) is 0. The van der Waals surface area contributed by atoms with Crippen LogP contribution in [0.25, 0.3) is 10.8 Å². The molecule has 3 heteroatoms. The highest BCUT2D eigenvalue weighted by Crippen LogP contribution is 2.16. The van der Waals surface area contributed by atoms with Gasteiger partial charge in [0.25, 0.3) is 0 Å². The standard InChI is InChI=1S/C16H19NS2/c1-2-3-10-19-16(18)17-12-13-8-9-14-6-4-5-7-15(14)11-13/h4-9,11H,2-3,10,12H2,1H3,(H,17,18). The molecular formula is C16H19NS2. The lowest BCUT2D eigenvalue weighted by atomic mass is 10.1. The predicted octanol–water partition coefficient (Wildman–Crippen LogP) is 4.75. The molecule has 0 aliphatic carbocycles. The number of nitrogens with one attached hydrogen (secondary N) is 1. The Balaban J connectivity index is 1.89. The van der Waals surface area contributed by atoms with Crippen molar-refractivity contribution < 1.29 is 0 Å². The van der Waals surface area contributed by atoms with Crippen molar-refractivity contribution in [2.75, 3.05) is 5.75 Å². The van der Waals surface area contributed by atoms with E-state index >= 15 is 0 Å². The van der Waals surface area contributed by atoms with E-state index in [-0.39, 0.29) is 0 Å². The molecule has 0 fully saturated rings. The number of unbranched alkanes of at least 4 members (excludes halogenated alkanes) is 1. The highest BCUT2D eigenvalue weighted by molar-refractivity contribution is 8.22. The fourth-order valence-electron chi connectivity index (χ4n) is 1.88. The van der Waals surface area contributed by atoms with Crippen LogP contribution in [0.15, 0.2) is 42.5 Å². The van der Waals surface area contributed by atoms with Gasteiger partial charge < -0.3 is 5.32 Å². The molecule has 0 amide bonds. The third-order valence-corrected chi connectivity index (χ3v) is 4.38. The second-order valence-electron chi connectivity index (χ2n) is 4.52. The molecule has 0 saturated carbocycles. The van der Waals surface area contributed by atoms with Crippen molar-refractivity contribution in [2.45, 2.75) is 26.3 Å². The molecule has 0 bridgehead atoms. The Kier molecular flexibility index (Phi) is 5.67. The van der Waals surface area contributed by atoms with Gasteiger partial charge in [0.1, 0.15) is 4.32 Å². The molecule has 1 N–H and O–H groups in total. The van der Waals surface area contributed by atoms with E-state index in [9.17, 15) is 0 Å². The number of hydrogen-bond acceptors (Lipinski definition) is 2. The summed E-state index contributed by atoms with van der Waals surface area (Å²) in [5, 5.41) is 5.88. The van der Waals surface area contributed by atoms with Crippen molar-refractivity contribution in [3.05, 3.63) is 48.0 Å². The van der Waals surface area contributed by atoms with Crippen LogP contribution >= 0.6 is 24.0 Å². The van der Waals surface area contributed by atoms with Crippen LogP contribution in [0.2, 0.25) is 0 Å². The van der Waals surface area contributed by atoms with Crippen LogP contribution in [-0.4, -0.2) is 10.1 Å². The number of benzene rings is 2. The van der Waals surface area contributed by atoms with Crippen molar-refractivity contribution >= 4 is 39.1 Å². The molecule has 0 heterocycles. The van der Waals surface area contributed by atoms with Gasteiger partial charge >= 0.3 is 0 Å². The van der Waals surface area contributed by atoms with Crippen molar-refractivity contribution in [2.24, 2.45) is 0 Å². The maximum Gasteiger partial charge on any atom is 0.134 e. The fraction of sp³-hybridized carbons (Fsp3) is 0.312. The Bertz CT molecular complexity index is 551. The van der Waals surface area contributed by atoms with E-state index in [0.29, 0.717) is 0 Å². The topological polar surface area (TPSA) is 12.0 Å². The van der Waals surface area contributed by atoms with Crippen LogP contribution in [0.5, 0.6) is 0 Å². The molecule has 0 aliphatic rings. The number of hydrogen-bond donors (Lipinski definition) is 1. The van der Waals surface area contributed by atoms with Crippen LogP contribution in [0, 0.1) is 0 Å². The van der Waals surface area contributed by atoms with Crippen LogP contribution in [0.3, 0.4) is 0 Å². The summed E-state index contributed by atoms with van der Waals surface area (Å²) >= 11 is 7.06. The first kappa shape index (κ1) is 14.4. The van der Waals surface area contributed by atoms with Crippen molar-refractivity contribution in [1.82, 2.24) is 5.32 Å². The summed E-state index contributed by atoms with van der Waals surface area (Å²) in [5.41, 5.74) is 1.28. The largest absolute Gasteiger partial charge is 0.367 e. The maximum absolute atomic E-state index is 5.31. The third-order valence-electron chi connectivity index (χ3n) is 2.98. The van der Waals surface area contributed by atoms with Crippen molar-refractivity contribution in [3.63, 3.8) is 0 Å². The van der Waals surface area contributed by atoms with Gasteiger partial charge in [0.15, 0.2) is 0 Å². The van der Waals surface area contributed by atoms with Gasteiger partial charge in [0, 0.05) is 12.3 Å². The smallest absolute Gasteiger partial charge is 0.134 e. The molecule has 0 unspecified atom stereocenters. The summed E-state index contributed by atoms with van der Waals surface area (Å²) in [6.07, 6.45) is 2.45. The monoisotopic (exact) mass is 289 g/mol. The van der Waals surface area contributed by atoms with E-state index in [1.54, 1.807) is 11.8 Å². The van der Waals surface area contributed by atoms with Crippen molar-refractivity contribution in [3.8, 4) is 0 Å². The van der Waals surface area contributed by atoms with E-state index in [1.807, 2.05) is 0 Å². The van der Waals surface area contributed by atoms with Gasteiger partial charge in [-0.2, -0.15) is 0 Å². The molecule has 0 saturated heterocycles. The lowest BCUT2D eigenvalue weighted by molar-refractivity contribution is 0.896. The molecule has 0 atom stereocenters. The molecule has 0 radical (unpaired) electrons. The number of thioether (sulfide) groups is 1. The molecule has 1 nitrogen and oxygen atoms in total. The first-order valence-corrected chi connectivity index (χ1v) is 8.07. The average molecular weight is 289 g/mol. The van der Waals surface area contributed by atoms with Gasteiger partial charge in [0.05, 0.1) is 0 Å². The Morgan fingerprint density at radius 1 is 1.16 bits per heavy atom. The number of thiocarbonyl (C=S) groups is 1. The third kappa shape index (κ3) is 4.51. The van der Waals surface area contributed by atoms with Gasteiger partial charge in [-0.25, -0.2) is 0 Å². The first-order valence-electron chi connectivity index (χ1n) is 6.68. The molecule has 2 rings (SSSR count). The summed E-state index contributed by atoms with van der Waals surface area (Å²) in [7, 11) is 0. The van der Waals surface area contributed by atoms with Crippen LogP contribution in [-0.2, 0) is 6.54 Å². The zero-order valence-corrected chi connectivity index (χ0v) is 12.8. The van der Waals surface area contributed by atoms with Crippen LogP contribution in [0.1, 0.15) is 25.3 Å². The molecule has 100 valence electrons. The lowest BCUT2D eigenvalue weighted by Gasteiger charge is -2.08. The summed E-state index contributed by atoms with van der Waals surface area (Å²) in [5.74, 6) is 1.11. The second-order valence-corrected chi connectivity index (χ2v) is 6.30. The summed E-state index contributed by atoms with van der Waals surface area (Å²) < 4.78 is 0.904. The van der Waals surface area contributed by atoms with E-state index in [2.05, 4.69) is 54.7 Å². The Morgan fingerprint density at radius 3 is 2.74 bits per heavy atom. The minimum Gasteiger partial charge on any atom is -0.367 e. The van der Waals surface area contributed by atoms with E-state index in [4.69, 9.17) is 12.2 Å². The fourth-order valence-corrected chi connectivity index (χ4v) is 3.00. The molecule has 2 aromatic carbocycles. The Morgan fingerprint density at radius 2 is 1.95 bits per heavy atom. The number of rotatable bonds is 5. The first-order chi connectivity index (χ1) is 9.29. The highest BCUT2D eigenvalue weighted by atomic mass is 32.2. The zero-order chi connectivity index (χ0) is 13.5. The van der Waals surface area contributed by atoms with Gasteiger partial charge in [-0.1, -0.05) is 73.7 Å². The molecule has 0 spiro atoms. The predicted molar refractivity (Wildman–Crippen MR) is 90.8 cm³/mol. The van der Waals surface area contributed by atoms with E-state index in [0.717, 1.165) is 16.6 Å². The minimum absolute atomic E-state index is 0.808. The van der Waals surface area contributed by atoms with Gasteiger partial charge in [-0.05, 0) is 28.8 Å². The van der Waals surface area contributed by atoms with Gasteiger partial charge in [0.2, 0.25) is 0 Å². The van der Waals surface area contributed by atoms with Crippen LogP contribution < -0.4 is 5.32 Å². The molecule has 2 aromatic rings. The molecular weight excluding hydrogens is 270 g/mol. The maximum atomic E-state index is 5.31.